The summed E-state index contributed by atoms with van der Waals surface area (Å²) in [5, 5.41) is 4.21. The largest absolute Gasteiger partial charge is 0.496 e. The molecule has 0 spiro atoms. The predicted octanol–water partition coefficient (Wildman–Crippen LogP) is 2.36. The monoisotopic (exact) mass is 365 g/mol. The quantitative estimate of drug-likeness (QED) is 0.713. The second-order valence-corrected chi connectivity index (χ2v) is 7.15. The lowest BCUT2D eigenvalue weighted by Gasteiger charge is -2.32. The first kappa shape index (κ1) is 19.9. The third kappa shape index (κ3) is 6.80. The molecule has 5 nitrogen and oxygen atoms in total. The number of morpholine rings is 1. The van der Waals surface area contributed by atoms with Crippen molar-refractivity contribution in [3.05, 3.63) is 29.8 Å². The molecule has 2 rings (SSSR count). The highest BCUT2D eigenvalue weighted by Crippen LogP contribution is 2.19. The van der Waals surface area contributed by atoms with Crippen molar-refractivity contribution in [1.82, 2.24) is 15.1 Å². The Morgan fingerprint density at radius 2 is 2.04 bits per heavy atom. The zero-order valence-corrected chi connectivity index (χ0v) is 16.5. The van der Waals surface area contributed by atoms with Crippen LogP contribution in [0, 0.1) is 5.92 Å². The van der Waals surface area contributed by atoms with E-state index in [-0.39, 0.29) is 0 Å². The summed E-state index contributed by atoms with van der Waals surface area (Å²) in [6, 6.07) is 8.14. The van der Waals surface area contributed by atoms with Gasteiger partial charge in [0.1, 0.15) is 5.75 Å². The number of methoxy groups -OCH3 is 1. The Kier molecular flexibility index (Phi) is 8.44. The van der Waals surface area contributed by atoms with Gasteiger partial charge in [0.25, 0.3) is 0 Å². The van der Waals surface area contributed by atoms with Crippen molar-refractivity contribution in [2.75, 3.05) is 53.0 Å². The minimum atomic E-state index is 0.560. The van der Waals surface area contributed by atoms with Gasteiger partial charge in [-0.05, 0) is 24.2 Å². The SMILES string of the molecule is COc1ccccc1CN(CCN1CCOCC1)C(=S)NCC(C)C. The highest BCUT2D eigenvalue weighted by atomic mass is 32.1. The van der Waals surface area contributed by atoms with Crippen molar-refractivity contribution in [1.29, 1.82) is 0 Å². The van der Waals surface area contributed by atoms with Gasteiger partial charge in [0.05, 0.1) is 20.3 Å². The number of ether oxygens (including phenoxy) is 2. The summed E-state index contributed by atoms with van der Waals surface area (Å²) in [5.74, 6) is 1.47. The number of thiocarbonyl (C=S) groups is 1. The van der Waals surface area contributed by atoms with E-state index in [1.54, 1.807) is 7.11 Å². The van der Waals surface area contributed by atoms with E-state index in [0.29, 0.717) is 5.92 Å². The second kappa shape index (κ2) is 10.6. The van der Waals surface area contributed by atoms with E-state index in [0.717, 1.165) is 68.9 Å². The molecule has 0 bridgehead atoms. The molecule has 140 valence electrons. The van der Waals surface area contributed by atoms with Gasteiger partial charge in [-0.2, -0.15) is 0 Å². The van der Waals surface area contributed by atoms with E-state index >= 15 is 0 Å². The predicted molar refractivity (Wildman–Crippen MR) is 106 cm³/mol. The summed E-state index contributed by atoms with van der Waals surface area (Å²) in [5.41, 5.74) is 1.15. The van der Waals surface area contributed by atoms with Crippen LogP contribution in [0.5, 0.6) is 5.75 Å². The lowest BCUT2D eigenvalue weighted by Crippen LogP contribution is -2.46. The average molecular weight is 366 g/mol. The average Bonchev–Trinajstić information content (AvgIpc) is 2.64. The third-order valence-corrected chi connectivity index (χ3v) is 4.69. The summed E-state index contributed by atoms with van der Waals surface area (Å²) in [7, 11) is 1.71. The summed E-state index contributed by atoms with van der Waals surface area (Å²) >= 11 is 5.67. The molecule has 25 heavy (non-hydrogen) atoms. The standard InChI is InChI=1S/C19H31N3O2S/c1-16(2)14-20-19(25)22(9-8-21-10-12-24-13-11-21)15-17-6-4-5-7-18(17)23-3/h4-7,16H,8-15H2,1-3H3,(H,20,25). The van der Waals surface area contributed by atoms with Gasteiger partial charge in [0.2, 0.25) is 0 Å². The lowest BCUT2D eigenvalue weighted by atomic mass is 10.2. The lowest BCUT2D eigenvalue weighted by molar-refractivity contribution is 0.0357. The molecule has 1 aromatic carbocycles. The number of hydrogen-bond donors (Lipinski definition) is 1. The first-order valence-corrected chi connectivity index (χ1v) is 9.45. The Bertz CT molecular complexity index is 533. The van der Waals surface area contributed by atoms with Gasteiger partial charge in [-0.3, -0.25) is 4.90 Å². The van der Waals surface area contributed by atoms with Gasteiger partial charge in [-0.1, -0.05) is 32.0 Å². The van der Waals surface area contributed by atoms with Crippen molar-refractivity contribution in [2.24, 2.45) is 5.92 Å². The Labute approximate surface area is 157 Å². The Morgan fingerprint density at radius 1 is 1.32 bits per heavy atom. The normalized spacial score (nSPS) is 15.2. The van der Waals surface area contributed by atoms with Crippen LogP contribution in [-0.2, 0) is 11.3 Å². The van der Waals surface area contributed by atoms with Gasteiger partial charge in [-0.25, -0.2) is 0 Å². The molecule has 1 saturated heterocycles. The van der Waals surface area contributed by atoms with Crippen LogP contribution in [0.25, 0.3) is 0 Å². The molecule has 0 aliphatic carbocycles. The van der Waals surface area contributed by atoms with Crippen molar-refractivity contribution in [2.45, 2.75) is 20.4 Å². The zero-order valence-electron chi connectivity index (χ0n) is 15.7. The minimum absolute atomic E-state index is 0.560. The molecule has 1 aliphatic rings. The van der Waals surface area contributed by atoms with Crippen LogP contribution in [0.1, 0.15) is 19.4 Å². The fraction of sp³-hybridized carbons (Fsp3) is 0.632. The first-order chi connectivity index (χ1) is 12.1. The van der Waals surface area contributed by atoms with Crippen molar-refractivity contribution < 1.29 is 9.47 Å². The van der Waals surface area contributed by atoms with Crippen LogP contribution in [-0.4, -0.2) is 68.0 Å². The molecular weight excluding hydrogens is 334 g/mol. The van der Waals surface area contributed by atoms with Crippen molar-refractivity contribution >= 4 is 17.3 Å². The highest BCUT2D eigenvalue weighted by molar-refractivity contribution is 7.80. The van der Waals surface area contributed by atoms with E-state index in [4.69, 9.17) is 21.7 Å². The fourth-order valence-electron chi connectivity index (χ4n) is 2.78. The van der Waals surface area contributed by atoms with E-state index < -0.39 is 0 Å². The van der Waals surface area contributed by atoms with Crippen molar-refractivity contribution in [3.63, 3.8) is 0 Å². The van der Waals surface area contributed by atoms with Crippen LogP contribution < -0.4 is 10.1 Å². The minimum Gasteiger partial charge on any atom is -0.496 e. The van der Waals surface area contributed by atoms with E-state index in [1.165, 1.54) is 0 Å². The Hall–Kier alpha value is -1.37. The van der Waals surface area contributed by atoms with Crippen LogP contribution >= 0.6 is 12.2 Å². The van der Waals surface area contributed by atoms with Gasteiger partial charge in [-0.15, -0.1) is 0 Å². The molecule has 1 aliphatic heterocycles. The zero-order chi connectivity index (χ0) is 18.1. The van der Waals surface area contributed by atoms with Crippen LogP contribution in [0.2, 0.25) is 0 Å². The molecule has 0 radical (unpaired) electrons. The Morgan fingerprint density at radius 3 is 2.72 bits per heavy atom. The number of para-hydroxylation sites is 1. The molecule has 6 heteroatoms. The molecule has 1 heterocycles. The topological polar surface area (TPSA) is 37.0 Å². The van der Waals surface area contributed by atoms with E-state index in [9.17, 15) is 0 Å². The van der Waals surface area contributed by atoms with Gasteiger partial charge < -0.3 is 19.7 Å². The molecular formula is C19H31N3O2S. The second-order valence-electron chi connectivity index (χ2n) is 6.77. The molecule has 0 aromatic heterocycles. The van der Waals surface area contributed by atoms with Crippen LogP contribution in [0.3, 0.4) is 0 Å². The number of nitrogens with zero attached hydrogens (tertiary/aromatic N) is 2. The molecule has 1 N–H and O–H groups in total. The number of rotatable bonds is 8. The van der Waals surface area contributed by atoms with Crippen LogP contribution in [0.15, 0.2) is 24.3 Å². The summed E-state index contributed by atoms with van der Waals surface area (Å²) in [6.07, 6.45) is 0. The smallest absolute Gasteiger partial charge is 0.169 e. The highest BCUT2D eigenvalue weighted by Gasteiger charge is 2.16. The van der Waals surface area contributed by atoms with Gasteiger partial charge in [0.15, 0.2) is 5.11 Å². The third-order valence-electron chi connectivity index (χ3n) is 4.29. The Balaban J connectivity index is 2.00. The molecule has 0 atom stereocenters. The summed E-state index contributed by atoms with van der Waals surface area (Å²) in [4.78, 5) is 4.68. The number of benzene rings is 1. The first-order valence-electron chi connectivity index (χ1n) is 9.05. The van der Waals surface area contributed by atoms with Crippen molar-refractivity contribution in [3.8, 4) is 5.75 Å². The molecule has 0 unspecified atom stereocenters. The maximum Gasteiger partial charge on any atom is 0.169 e. The van der Waals surface area contributed by atoms with Gasteiger partial charge in [0, 0.05) is 44.8 Å². The summed E-state index contributed by atoms with van der Waals surface area (Å²) < 4.78 is 10.9. The maximum absolute atomic E-state index is 5.67. The fourth-order valence-corrected chi connectivity index (χ4v) is 3.02. The van der Waals surface area contributed by atoms with E-state index in [2.05, 4.69) is 35.0 Å². The number of nitrogens with one attached hydrogen (secondary N) is 1. The van der Waals surface area contributed by atoms with Gasteiger partial charge >= 0.3 is 0 Å². The summed E-state index contributed by atoms with van der Waals surface area (Å²) in [6.45, 7) is 11.5. The molecule has 1 fully saturated rings. The van der Waals surface area contributed by atoms with E-state index in [1.807, 2.05) is 18.2 Å². The molecule has 1 aromatic rings. The van der Waals surface area contributed by atoms with Crippen LogP contribution in [0.4, 0.5) is 0 Å². The maximum atomic E-state index is 5.67. The molecule has 0 saturated carbocycles. The molecule has 0 amide bonds. The number of hydrogen-bond acceptors (Lipinski definition) is 4.